The SMILES string of the molecule is NCc1cc2cccc(-c3cccnc3)c2o1. The summed E-state index contributed by atoms with van der Waals surface area (Å²) >= 11 is 0. The van der Waals surface area contributed by atoms with E-state index in [1.807, 2.05) is 42.6 Å². The number of fused-ring (bicyclic) bond motifs is 1. The minimum absolute atomic E-state index is 0.418. The second-order valence-corrected chi connectivity index (χ2v) is 3.88. The Labute approximate surface area is 98.9 Å². The lowest BCUT2D eigenvalue weighted by atomic mass is 10.1. The van der Waals surface area contributed by atoms with E-state index in [9.17, 15) is 0 Å². The average Bonchev–Trinajstić information content (AvgIpc) is 2.82. The average molecular weight is 224 g/mol. The van der Waals surface area contributed by atoms with Gasteiger partial charge in [0.15, 0.2) is 0 Å². The second kappa shape index (κ2) is 4.03. The van der Waals surface area contributed by atoms with Crippen LogP contribution in [-0.4, -0.2) is 4.98 Å². The van der Waals surface area contributed by atoms with Gasteiger partial charge in [0, 0.05) is 28.9 Å². The van der Waals surface area contributed by atoms with Crippen molar-refractivity contribution in [3.8, 4) is 11.1 Å². The van der Waals surface area contributed by atoms with Crippen LogP contribution < -0.4 is 5.73 Å². The first-order valence-electron chi connectivity index (χ1n) is 5.50. The van der Waals surface area contributed by atoms with Crippen molar-refractivity contribution in [3.63, 3.8) is 0 Å². The molecule has 0 aliphatic carbocycles. The largest absolute Gasteiger partial charge is 0.459 e. The van der Waals surface area contributed by atoms with Crippen LogP contribution in [-0.2, 0) is 6.54 Å². The number of aromatic nitrogens is 1. The monoisotopic (exact) mass is 224 g/mol. The van der Waals surface area contributed by atoms with Crippen LogP contribution in [0.15, 0.2) is 53.2 Å². The molecule has 0 spiro atoms. The maximum atomic E-state index is 5.75. The van der Waals surface area contributed by atoms with Gasteiger partial charge in [0.1, 0.15) is 11.3 Å². The molecule has 0 aliphatic heterocycles. The summed E-state index contributed by atoms with van der Waals surface area (Å²) in [7, 11) is 0. The van der Waals surface area contributed by atoms with Crippen molar-refractivity contribution in [1.29, 1.82) is 0 Å². The zero-order valence-electron chi connectivity index (χ0n) is 9.26. The molecule has 0 aliphatic rings. The number of nitrogens with two attached hydrogens (primary N) is 1. The summed E-state index contributed by atoms with van der Waals surface area (Å²) in [5.41, 5.74) is 8.58. The number of pyridine rings is 1. The third-order valence-corrected chi connectivity index (χ3v) is 2.77. The van der Waals surface area contributed by atoms with E-state index in [0.717, 1.165) is 27.9 Å². The van der Waals surface area contributed by atoms with E-state index in [0.29, 0.717) is 6.54 Å². The van der Waals surface area contributed by atoms with E-state index in [1.54, 1.807) is 6.20 Å². The number of hydrogen-bond donors (Lipinski definition) is 1. The van der Waals surface area contributed by atoms with Gasteiger partial charge in [-0.15, -0.1) is 0 Å². The fourth-order valence-electron chi connectivity index (χ4n) is 1.97. The summed E-state index contributed by atoms with van der Waals surface area (Å²) in [6.45, 7) is 0.418. The van der Waals surface area contributed by atoms with Crippen LogP contribution >= 0.6 is 0 Å². The van der Waals surface area contributed by atoms with Gasteiger partial charge < -0.3 is 10.2 Å². The fourth-order valence-corrected chi connectivity index (χ4v) is 1.97. The molecule has 0 radical (unpaired) electrons. The Morgan fingerprint density at radius 1 is 1.18 bits per heavy atom. The molecule has 2 aromatic heterocycles. The molecule has 3 rings (SSSR count). The van der Waals surface area contributed by atoms with Crippen LogP contribution in [0.1, 0.15) is 5.76 Å². The molecule has 1 aromatic carbocycles. The molecule has 3 aromatic rings. The lowest BCUT2D eigenvalue weighted by molar-refractivity contribution is 0.553. The third kappa shape index (κ3) is 1.70. The Bertz CT molecular complexity index is 644. The van der Waals surface area contributed by atoms with Crippen molar-refractivity contribution in [2.75, 3.05) is 0 Å². The maximum Gasteiger partial charge on any atom is 0.142 e. The Hall–Kier alpha value is -2.13. The molecule has 0 saturated heterocycles. The number of hydrogen-bond acceptors (Lipinski definition) is 3. The zero-order chi connectivity index (χ0) is 11.7. The number of furan rings is 1. The van der Waals surface area contributed by atoms with E-state index in [4.69, 9.17) is 10.2 Å². The Kier molecular flexibility index (Phi) is 2.38. The summed E-state index contributed by atoms with van der Waals surface area (Å²) in [5.74, 6) is 0.802. The maximum absolute atomic E-state index is 5.75. The summed E-state index contributed by atoms with van der Waals surface area (Å²) in [5, 5.41) is 1.08. The molecule has 84 valence electrons. The highest BCUT2D eigenvalue weighted by atomic mass is 16.3. The van der Waals surface area contributed by atoms with Gasteiger partial charge in [-0.25, -0.2) is 0 Å². The van der Waals surface area contributed by atoms with Gasteiger partial charge in [-0.2, -0.15) is 0 Å². The van der Waals surface area contributed by atoms with Gasteiger partial charge in [-0.05, 0) is 12.1 Å². The molecule has 0 atom stereocenters. The Morgan fingerprint density at radius 3 is 2.88 bits per heavy atom. The molecule has 2 heterocycles. The predicted octanol–water partition coefficient (Wildman–Crippen LogP) is 2.95. The zero-order valence-corrected chi connectivity index (χ0v) is 9.26. The van der Waals surface area contributed by atoms with Crippen LogP contribution in [0.3, 0.4) is 0 Å². The third-order valence-electron chi connectivity index (χ3n) is 2.77. The van der Waals surface area contributed by atoms with Gasteiger partial charge in [0.05, 0.1) is 6.54 Å². The van der Waals surface area contributed by atoms with Gasteiger partial charge in [0.25, 0.3) is 0 Å². The molecule has 0 saturated carbocycles. The van der Waals surface area contributed by atoms with Crippen molar-refractivity contribution in [1.82, 2.24) is 4.98 Å². The molecule has 3 heteroatoms. The van der Waals surface area contributed by atoms with Crippen molar-refractivity contribution in [3.05, 3.63) is 54.6 Å². The molecular formula is C14H12N2O. The lowest BCUT2D eigenvalue weighted by Gasteiger charge is -2.01. The Balaban J connectivity index is 2.26. The molecular weight excluding hydrogens is 212 g/mol. The molecule has 0 fully saturated rings. The molecule has 0 bridgehead atoms. The highest BCUT2D eigenvalue weighted by Gasteiger charge is 2.08. The predicted molar refractivity (Wildman–Crippen MR) is 67.3 cm³/mol. The normalized spacial score (nSPS) is 10.9. The minimum atomic E-state index is 0.418. The minimum Gasteiger partial charge on any atom is -0.459 e. The smallest absolute Gasteiger partial charge is 0.142 e. The van der Waals surface area contributed by atoms with E-state index in [2.05, 4.69) is 4.98 Å². The van der Waals surface area contributed by atoms with Gasteiger partial charge >= 0.3 is 0 Å². The quantitative estimate of drug-likeness (QED) is 0.728. The van der Waals surface area contributed by atoms with E-state index < -0.39 is 0 Å². The molecule has 17 heavy (non-hydrogen) atoms. The highest BCUT2D eigenvalue weighted by Crippen LogP contribution is 2.30. The molecule has 2 N–H and O–H groups in total. The first-order valence-corrected chi connectivity index (χ1v) is 5.50. The second-order valence-electron chi connectivity index (χ2n) is 3.88. The topological polar surface area (TPSA) is 52.0 Å². The Morgan fingerprint density at radius 2 is 2.12 bits per heavy atom. The van der Waals surface area contributed by atoms with Gasteiger partial charge in [0.2, 0.25) is 0 Å². The highest BCUT2D eigenvalue weighted by molar-refractivity contribution is 5.92. The van der Waals surface area contributed by atoms with Crippen LogP contribution in [0.5, 0.6) is 0 Å². The summed E-state index contributed by atoms with van der Waals surface area (Å²) < 4.78 is 5.75. The number of benzene rings is 1. The van der Waals surface area contributed by atoms with Crippen molar-refractivity contribution in [2.24, 2.45) is 5.73 Å². The van der Waals surface area contributed by atoms with Crippen LogP contribution in [0.2, 0.25) is 0 Å². The van der Waals surface area contributed by atoms with Crippen LogP contribution in [0.4, 0.5) is 0 Å². The summed E-state index contributed by atoms with van der Waals surface area (Å²) in [6, 6.07) is 12.0. The van der Waals surface area contributed by atoms with E-state index in [1.165, 1.54) is 0 Å². The first-order chi connectivity index (χ1) is 8.38. The van der Waals surface area contributed by atoms with Crippen molar-refractivity contribution >= 4 is 11.0 Å². The number of nitrogens with zero attached hydrogens (tertiary/aromatic N) is 1. The standard InChI is InChI=1S/C14H12N2O/c15-8-12-7-10-3-1-5-13(14(10)17-12)11-4-2-6-16-9-11/h1-7,9H,8,15H2. The molecule has 3 nitrogen and oxygen atoms in total. The van der Waals surface area contributed by atoms with E-state index in [-0.39, 0.29) is 0 Å². The van der Waals surface area contributed by atoms with E-state index >= 15 is 0 Å². The first kappa shape index (κ1) is 10.1. The number of para-hydroxylation sites is 1. The van der Waals surface area contributed by atoms with Crippen molar-refractivity contribution in [2.45, 2.75) is 6.54 Å². The summed E-state index contributed by atoms with van der Waals surface area (Å²) in [6.07, 6.45) is 3.59. The van der Waals surface area contributed by atoms with Crippen LogP contribution in [0.25, 0.3) is 22.1 Å². The van der Waals surface area contributed by atoms with Gasteiger partial charge in [-0.3, -0.25) is 4.98 Å². The fraction of sp³-hybridized carbons (Fsp3) is 0.0714. The number of rotatable bonds is 2. The van der Waals surface area contributed by atoms with Gasteiger partial charge in [-0.1, -0.05) is 24.3 Å². The van der Waals surface area contributed by atoms with Crippen molar-refractivity contribution < 1.29 is 4.42 Å². The summed E-state index contributed by atoms with van der Waals surface area (Å²) in [4.78, 5) is 4.13. The molecule has 0 unspecified atom stereocenters. The lowest BCUT2D eigenvalue weighted by Crippen LogP contribution is -1.92. The molecule has 0 amide bonds. The van der Waals surface area contributed by atoms with Crippen LogP contribution in [0, 0.1) is 0 Å².